The summed E-state index contributed by atoms with van der Waals surface area (Å²) in [4.78, 5) is 13.8. The zero-order valence-corrected chi connectivity index (χ0v) is 17.3. The zero-order chi connectivity index (χ0) is 19.4. The summed E-state index contributed by atoms with van der Waals surface area (Å²) in [6.45, 7) is 8.72. The van der Waals surface area contributed by atoms with E-state index in [2.05, 4.69) is 70.2 Å². The number of ketones is 1. The number of hydrogen-bond donors (Lipinski definition) is 0. The van der Waals surface area contributed by atoms with Gasteiger partial charge in [-0.3, -0.25) is 4.79 Å². The van der Waals surface area contributed by atoms with Crippen LogP contribution in [0.4, 0.5) is 0 Å². The van der Waals surface area contributed by atoms with Crippen LogP contribution in [0.1, 0.15) is 105 Å². The minimum absolute atomic E-state index is 0.0195. The van der Waals surface area contributed by atoms with Crippen molar-refractivity contribution in [3.05, 3.63) is 70.8 Å². The highest BCUT2D eigenvalue weighted by Gasteiger charge is 2.32. The standard InChI is InChI=1S/C26H33O/c1-18(2)22-15-23(19(3)4)17-24(16-22)26(27)25(20-11-7-5-8-12-20)21-13-9-6-10-14-21/h5,7-8,11-12,16-19,21,25H,6,9-10,13-14H2,1-4H3. The Kier molecular flexibility index (Phi) is 6.52. The summed E-state index contributed by atoms with van der Waals surface area (Å²) < 4.78 is 0. The first-order chi connectivity index (χ1) is 13.0. The van der Waals surface area contributed by atoms with E-state index in [0.29, 0.717) is 23.5 Å². The minimum atomic E-state index is -0.0195. The van der Waals surface area contributed by atoms with Gasteiger partial charge in [0.1, 0.15) is 0 Å². The molecule has 1 nitrogen and oxygen atoms in total. The molecule has 27 heavy (non-hydrogen) atoms. The largest absolute Gasteiger partial charge is 0.293 e. The molecule has 1 aliphatic carbocycles. The summed E-state index contributed by atoms with van der Waals surface area (Å²) in [5, 5.41) is 0. The predicted molar refractivity (Wildman–Crippen MR) is 114 cm³/mol. The van der Waals surface area contributed by atoms with Crippen LogP contribution in [0, 0.1) is 12.0 Å². The minimum Gasteiger partial charge on any atom is -0.293 e. The molecule has 1 fully saturated rings. The van der Waals surface area contributed by atoms with Crippen molar-refractivity contribution in [1.29, 1.82) is 0 Å². The average Bonchev–Trinajstić information content (AvgIpc) is 2.69. The maximum Gasteiger partial charge on any atom is 0.170 e. The van der Waals surface area contributed by atoms with Gasteiger partial charge in [0, 0.05) is 5.56 Å². The number of Topliss-reactive ketones (excluding diaryl/α,β-unsaturated/α-hetero) is 1. The van der Waals surface area contributed by atoms with Crippen molar-refractivity contribution in [2.45, 2.75) is 77.6 Å². The van der Waals surface area contributed by atoms with E-state index in [4.69, 9.17) is 0 Å². The molecular weight excluding hydrogens is 328 g/mol. The van der Waals surface area contributed by atoms with Crippen LogP contribution in [0.25, 0.3) is 0 Å². The maximum absolute atomic E-state index is 13.8. The Labute approximate surface area is 165 Å². The van der Waals surface area contributed by atoms with Crippen LogP contribution in [0.3, 0.4) is 0 Å². The van der Waals surface area contributed by atoms with Crippen LogP contribution in [0.5, 0.6) is 0 Å². The van der Waals surface area contributed by atoms with Crippen LogP contribution in [0.15, 0.2) is 42.5 Å². The van der Waals surface area contributed by atoms with E-state index in [0.717, 1.165) is 16.7 Å². The van der Waals surface area contributed by atoms with Crippen molar-refractivity contribution in [1.82, 2.24) is 0 Å². The number of benzene rings is 2. The molecule has 0 aromatic heterocycles. The molecular formula is C26H33O. The van der Waals surface area contributed by atoms with E-state index >= 15 is 0 Å². The third kappa shape index (κ3) is 4.69. The molecule has 0 spiro atoms. The van der Waals surface area contributed by atoms with Crippen molar-refractivity contribution in [3.8, 4) is 0 Å². The van der Waals surface area contributed by atoms with Crippen molar-refractivity contribution < 1.29 is 4.79 Å². The van der Waals surface area contributed by atoms with Gasteiger partial charge in [0.15, 0.2) is 5.78 Å². The molecule has 1 aliphatic rings. The van der Waals surface area contributed by atoms with Crippen LogP contribution in [-0.2, 0) is 0 Å². The van der Waals surface area contributed by atoms with Crippen molar-refractivity contribution in [3.63, 3.8) is 0 Å². The summed E-state index contributed by atoms with van der Waals surface area (Å²) in [6, 6.07) is 18.2. The lowest BCUT2D eigenvalue weighted by Crippen LogP contribution is -2.24. The van der Waals surface area contributed by atoms with Gasteiger partial charge in [0.05, 0.1) is 5.92 Å². The summed E-state index contributed by atoms with van der Waals surface area (Å²) in [5.41, 5.74) is 4.36. The van der Waals surface area contributed by atoms with Gasteiger partial charge in [0.2, 0.25) is 0 Å². The first kappa shape index (κ1) is 19.9. The monoisotopic (exact) mass is 361 g/mol. The molecule has 0 saturated heterocycles. The van der Waals surface area contributed by atoms with Gasteiger partial charge in [-0.1, -0.05) is 77.3 Å². The topological polar surface area (TPSA) is 17.1 Å². The first-order valence-electron chi connectivity index (χ1n) is 10.6. The van der Waals surface area contributed by atoms with Crippen LogP contribution >= 0.6 is 0 Å². The van der Waals surface area contributed by atoms with Gasteiger partial charge in [0.25, 0.3) is 0 Å². The molecule has 0 N–H and O–H groups in total. The highest BCUT2D eigenvalue weighted by molar-refractivity contribution is 6.01. The van der Waals surface area contributed by atoms with E-state index < -0.39 is 0 Å². The van der Waals surface area contributed by atoms with Gasteiger partial charge in [-0.15, -0.1) is 0 Å². The number of rotatable bonds is 6. The number of carbonyl (C=O) groups is 1. The molecule has 1 unspecified atom stereocenters. The second-order valence-corrected chi connectivity index (χ2v) is 8.74. The fraction of sp³-hybridized carbons (Fsp3) is 0.500. The van der Waals surface area contributed by atoms with Gasteiger partial charge in [-0.05, 0) is 65.5 Å². The SMILES string of the molecule is CC(C)c1[c]c(C(C)C)cc(C(=O)C(c2ccccc2)C2CCCCC2)c1. The predicted octanol–water partition coefficient (Wildman–Crippen LogP) is 7.28. The molecule has 0 bridgehead atoms. The molecule has 143 valence electrons. The Hall–Kier alpha value is -1.89. The Morgan fingerprint density at radius 2 is 1.44 bits per heavy atom. The third-order valence-electron chi connectivity index (χ3n) is 6.00. The molecule has 0 aliphatic heterocycles. The molecule has 2 aromatic carbocycles. The van der Waals surface area contributed by atoms with Crippen LogP contribution < -0.4 is 0 Å². The van der Waals surface area contributed by atoms with E-state index in [1.165, 1.54) is 37.7 Å². The fourth-order valence-electron chi connectivity index (χ4n) is 4.32. The second-order valence-electron chi connectivity index (χ2n) is 8.74. The van der Waals surface area contributed by atoms with Crippen molar-refractivity contribution in [2.24, 2.45) is 5.92 Å². The van der Waals surface area contributed by atoms with Gasteiger partial charge in [-0.25, -0.2) is 0 Å². The van der Waals surface area contributed by atoms with Crippen LogP contribution in [0.2, 0.25) is 0 Å². The Balaban J connectivity index is 2.03. The highest BCUT2D eigenvalue weighted by Crippen LogP contribution is 2.39. The zero-order valence-electron chi connectivity index (χ0n) is 17.3. The molecule has 3 rings (SSSR count). The van der Waals surface area contributed by atoms with Gasteiger partial charge < -0.3 is 0 Å². The van der Waals surface area contributed by atoms with Gasteiger partial charge >= 0.3 is 0 Å². The molecule has 1 radical (unpaired) electrons. The summed E-state index contributed by atoms with van der Waals surface area (Å²) in [6.07, 6.45) is 6.13. The molecule has 0 amide bonds. The second kappa shape index (κ2) is 8.87. The average molecular weight is 362 g/mol. The summed E-state index contributed by atoms with van der Waals surface area (Å²) in [5.74, 6) is 1.49. The lowest BCUT2D eigenvalue weighted by molar-refractivity contribution is 0.0912. The Morgan fingerprint density at radius 3 is 1.96 bits per heavy atom. The van der Waals surface area contributed by atoms with Gasteiger partial charge in [-0.2, -0.15) is 0 Å². The molecule has 2 aromatic rings. The van der Waals surface area contributed by atoms with E-state index in [1.807, 2.05) is 6.07 Å². The number of hydrogen-bond acceptors (Lipinski definition) is 1. The summed E-state index contributed by atoms with van der Waals surface area (Å²) >= 11 is 0. The maximum atomic E-state index is 13.8. The van der Waals surface area contributed by atoms with Crippen molar-refractivity contribution >= 4 is 5.78 Å². The van der Waals surface area contributed by atoms with Crippen LogP contribution in [-0.4, -0.2) is 5.78 Å². The summed E-state index contributed by atoms with van der Waals surface area (Å²) in [7, 11) is 0. The molecule has 1 heteroatoms. The van der Waals surface area contributed by atoms with E-state index in [9.17, 15) is 4.79 Å². The highest BCUT2D eigenvalue weighted by atomic mass is 16.1. The lowest BCUT2D eigenvalue weighted by atomic mass is 9.73. The normalized spacial score (nSPS) is 16.7. The molecule has 0 heterocycles. The van der Waals surface area contributed by atoms with E-state index in [1.54, 1.807) is 0 Å². The Bertz CT molecular complexity index is 725. The smallest absolute Gasteiger partial charge is 0.170 e. The molecule has 1 saturated carbocycles. The third-order valence-corrected chi connectivity index (χ3v) is 6.00. The van der Waals surface area contributed by atoms with E-state index in [-0.39, 0.29) is 5.92 Å². The van der Waals surface area contributed by atoms with Crippen molar-refractivity contribution in [2.75, 3.05) is 0 Å². The quantitative estimate of drug-likeness (QED) is 0.494. The Morgan fingerprint density at radius 1 is 0.889 bits per heavy atom. The fourth-order valence-corrected chi connectivity index (χ4v) is 4.32. The number of carbonyl (C=O) groups excluding carboxylic acids is 1. The first-order valence-corrected chi connectivity index (χ1v) is 10.6. The molecule has 1 atom stereocenters. The lowest BCUT2D eigenvalue weighted by Gasteiger charge is -2.30.